The molecule has 10 rings (SSSR count). The van der Waals surface area contributed by atoms with Crippen LogP contribution < -0.4 is 54.4 Å². The van der Waals surface area contributed by atoms with Gasteiger partial charge in [-0.1, -0.05) is 158 Å². The molecule has 20 N–H and O–H groups in total. The van der Waals surface area contributed by atoms with Crippen LogP contribution in [-0.2, 0) is 89.7 Å². The number of hydrogen-bond donors (Lipinski definition) is 17. The first-order valence-corrected chi connectivity index (χ1v) is 49.3. The van der Waals surface area contributed by atoms with Crippen LogP contribution in [0.25, 0.3) is 22.3 Å². The zero-order valence-electron chi connectivity index (χ0n) is 83.4. The Hall–Kier alpha value is -11.7. The third-order valence-corrected chi connectivity index (χ3v) is 25.0. The summed E-state index contributed by atoms with van der Waals surface area (Å²) in [5, 5.41) is 85.2. The molecule has 4 atom stereocenters. The van der Waals surface area contributed by atoms with Crippen LogP contribution in [0, 0.1) is 79.9 Å². The molecule has 9 amide bonds. The summed E-state index contributed by atoms with van der Waals surface area (Å²) in [5.74, 6) is -10.5. The molecule has 0 bridgehead atoms. The van der Waals surface area contributed by atoms with E-state index in [1.165, 1.54) is 0 Å². The Labute approximate surface area is 929 Å². The van der Waals surface area contributed by atoms with Gasteiger partial charge in [-0.3, -0.25) is 91.9 Å². The fourth-order valence-electron chi connectivity index (χ4n) is 17.2. The number of aliphatic carboxylic acids is 7. The minimum absolute atomic E-state index is 0. The normalized spacial score (nSPS) is 15.4. The number of rotatable bonds is 51. The summed E-state index contributed by atoms with van der Waals surface area (Å²) < 4.78 is 21.5. The van der Waals surface area contributed by atoms with Crippen LogP contribution in [-0.4, -0.2) is 391 Å². The van der Waals surface area contributed by atoms with Crippen LogP contribution in [0.4, 0.5) is 19.2 Å². The number of nitrogens with zero attached hydrogens (tertiary/aromatic N) is 8. The number of ether oxygens (including phenoxy) is 4. The van der Waals surface area contributed by atoms with E-state index >= 15 is 0 Å². The Morgan fingerprint density at radius 2 is 0.544 bits per heavy atom. The Bertz CT molecular complexity index is 5130. The summed E-state index contributed by atoms with van der Waals surface area (Å²) in [5.41, 5.74) is 26.4. The maximum atomic E-state index is 13.9. The summed E-state index contributed by atoms with van der Waals surface area (Å²) in [6.45, 7) is 4.07. The zero-order chi connectivity index (χ0) is 106. The molecule has 149 heavy (non-hydrogen) atoms. The van der Waals surface area contributed by atoms with Crippen molar-refractivity contribution in [3.8, 4) is 22.3 Å². The van der Waals surface area contributed by atoms with Crippen molar-refractivity contribution in [1.82, 2.24) is 76.4 Å². The number of carboxylic acid groups (broad SMARTS) is 7. The van der Waals surface area contributed by atoms with Crippen molar-refractivity contribution >= 4 is 95.7 Å². The second-order valence-electron chi connectivity index (χ2n) is 36.1. The van der Waals surface area contributed by atoms with Gasteiger partial charge in [0, 0.05) is 223 Å². The molecule has 0 saturated carbocycles. The molecule has 0 spiro atoms. The molecule has 2 fully saturated rings. The maximum Gasteiger partial charge on any atom is 0.407 e. The smallest absolute Gasteiger partial charge is 0.407 e. The maximum absolute atomic E-state index is 13.9. The number of nitrogens with one attached hydrogen (secondary N) is 7. The van der Waals surface area contributed by atoms with E-state index in [0.717, 1.165) is 68.5 Å². The van der Waals surface area contributed by atoms with Gasteiger partial charge in [0.05, 0.1) is 58.4 Å². The second kappa shape index (κ2) is 69.7. The number of benzene rings is 6. The minimum Gasteiger partial charge on any atom is -0.480 e. The molecule has 2 heterocycles. The summed E-state index contributed by atoms with van der Waals surface area (Å²) >= 11 is 0. The zero-order valence-corrected chi connectivity index (χ0v) is 87.9. The quantitative estimate of drug-likeness (QED) is 0.0192. The van der Waals surface area contributed by atoms with Crippen LogP contribution >= 0.6 is 0 Å². The number of hydrogen-bond acceptors (Lipinski definition) is 29. The van der Waals surface area contributed by atoms with Crippen molar-refractivity contribution in [2.45, 2.75) is 126 Å². The fourth-order valence-corrected chi connectivity index (χ4v) is 17.2. The van der Waals surface area contributed by atoms with E-state index in [1.807, 2.05) is 163 Å². The molecule has 6 aromatic carbocycles. The van der Waals surface area contributed by atoms with Crippen LogP contribution in [0.2, 0.25) is 0 Å². The number of fused-ring (bicyclic) bond motifs is 6. The van der Waals surface area contributed by atoms with E-state index < -0.39 is 108 Å². The van der Waals surface area contributed by atoms with Crippen molar-refractivity contribution in [3.05, 3.63) is 191 Å². The first kappa shape index (κ1) is 126. The predicted octanol–water partition coefficient (Wildman–Crippen LogP) is 3.36. The van der Waals surface area contributed by atoms with Gasteiger partial charge in [-0.25, -0.2) is 24.0 Å². The van der Waals surface area contributed by atoms with E-state index in [2.05, 4.69) is 37.2 Å². The Morgan fingerprint density at radius 1 is 0.289 bits per heavy atom. The number of alkyl carbamates (subject to hydrolysis) is 4. The minimum atomic E-state index is -1.20. The number of amides is 9. The number of carbonyl (C=O) groups excluding carboxylic acids is 9. The Morgan fingerprint density at radius 3 is 0.826 bits per heavy atom. The number of primary amides is 2. The molecule has 45 nitrogen and oxygen atoms in total. The van der Waals surface area contributed by atoms with E-state index in [1.54, 1.807) is 34.3 Å². The van der Waals surface area contributed by atoms with Crippen molar-refractivity contribution < 1.29 is 211 Å². The third-order valence-electron chi connectivity index (χ3n) is 25.0. The molecule has 0 aromatic heterocycles. The van der Waals surface area contributed by atoms with E-state index in [4.69, 9.17) is 36.1 Å². The number of carboxylic acids is 7. The average Bonchev–Trinajstić information content (AvgIpc) is 1.62. The SMILES string of the molecule is NC(=O)[C@@H](N)CCCCNC(=O)OCc1ccccc1.NC(=O)[C@H](CCCCNC(=O)OCc1ccccc1)NC(=O)[C@H](CCCCNC(=O)CN1CCN(CC(=O)O)CCN(CC(=O)O)CCN(CC(=O)O)CC1)NC(=O)OCC1c2ccccc2-c2ccccc21.O=C(O)CN1CCN(CC(=O)O)CCN(CC(=O)NCCCC[C@H](NC(=O)OCC2c3ccccc3-c3ccccc32)C(=O)O)CCN(CC(=O)O)CC1.[Gd].[Gd]. The second-order valence-corrected chi connectivity index (χ2v) is 36.1. The average molecular weight is 2360 g/mol. The van der Waals surface area contributed by atoms with Gasteiger partial charge in [0.15, 0.2) is 0 Å². The van der Waals surface area contributed by atoms with Crippen molar-refractivity contribution in [3.63, 3.8) is 0 Å². The molecule has 0 radical (unpaired) electrons. The number of nitrogens with two attached hydrogens (primary N) is 3. The molecule has 4 aliphatic rings. The fraction of sp³-hybridized carbons (Fsp3) is 0.490. The van der Waals surface area contributed by atoms with Crippen LogP contribution in [0.5, 0.6) is 0 Å². The number of carbonyl (C=O) groups is 16. The van der Waals surface area contributed by atoms with Crippen LogP contribution in [0.3, 0.4) is 0 Å². The van der Waals surface area contributed by atoms with Gasteiger partial charge >= 0.3 is 66.2 Å². The van der Waals surface area contributed by atoms with Crippen molar-refractivity contribution in [2.24, 2.45) is 17.2 Å². The largest absolute Gasteiger partial charge is 0.480 e. The van der Waals surface area contributed by atoms with Gasteiger partial charge < -0.3 is 109 Å². The molecule has 0 unspecified atom stereocenters. The van der Waals surface area contributed by atoms with Crippen LogP contribution in [0.1, 0.15) is 122 Å². The van der Waals surface area contributed by atoms with Gasteiger partial charge in [0.2, 0.25) is 29.5 Å². The van der Waals surface area contributed by atoms with Gasteiger partial charge in [0.25, 0.3) is 0 Å². The van der Waals surface area contributed by atoms with E-state index in [9.17, 15) is 112 Å². The predicted molar refractivity (Wildman–Crippen MR) is 538 cm³/mol. The van der Waals surface area contributed by atoms with E-state index in [-0.39, 0.29) is 313 Å². The summed E-state index contributed by atoms with van der Waals surface area (Å²) in [6, 6.07) is 46.1. The Kier molecular flexibility index (Phi) is 58.9. The van der Waals surface area contributed by atoms with Gasteiger partial charge in [-0.05, 0) is 133 Å². The third kappa shape index (κ3) is 48.9. The molecule has 2 saturated heterocycles. The molecular weight excluding hydrogens is 2220 g/mol. The number of unbranched alkanes of at least 4 members (excludes halogenated alkanes) is 4. The van der Waals surface area contributed by atoms with Crippen molar-refractivity contribution in [1.29, 1.82) is 0 Å². The molecule has 816 valence electrons. The topological polar surface area (TPSA) is 640 Å². The van der Waals surface area contributed by atoms with Crippen LogP contribution in [0.15, 0.2) is 158 Å². The molecule has 2 aliphatic carbocycles. The molecule has 47 heteroatoms. The monoisotopic (exact) mass is 2360 g/mol. The van der Waals surface area contributed by atoms with Gasteiger partial charge in [0.1, 0.15) is 44.6 Å². The summed E-state index contributed by atoms with van der Waals surface area (Å²) in [6.07, 6.45) is 2.03. The first-order valence-electron chi connectivity index (χ1n) is 49.3. The van der Waals surface area contributed by atoms with Gasteiger partial charge in [-0.2, -0.15) is 0 Å². The molecule has 2 aliphatic heterocycles. The van der Waals surface area contributed by atoms with E-state index in [0.29, 0.717) is 64.6 Å². The van der Waals surface area contributed by atoms with Gasteiger partial charge in [-0.15, -0.1) is 0 Å². The first-order chi connectivity index (χ1) is 70.6. The Balaban J connectivity index is 0.000000389. The standard InChI is InChI=1S/C51H69N9O13.C37H50N6O11.C14H21N3O3.2Gd/c52-48(68)42(18-8-11-21-54-50(70)72-34-36-12-2-1-3-13-36)55-49(69)43(56-51(71)73-35-41-39-16-6-4-14-37(39)38-15-5-7-17-40(38)41)19-9-10-20-53-44(61)30-57-22-24-58(31-45(62)63)26-28-60(33-47(66)67)29-27-59(25-23-57)32-46(64)65;44-32(21-40-13-15-41(22-33(45)46)17-19-43(24-35(49)50)20-18-42(16-14-40)23-34(47)48)38-12-6-5-11-31(36(51)52)39-37(53)54-25-30-28-9-3-1-7-26(28)27-8-2-4-10-29(27)30;15-12(13(16)18)8-4-5-9-17-14(19)20-10-11-6-2-1-3-7-11;;/h1-7,12-17,41-43H,8-11,18-35H2,(H2,52,68)(H,53,61)(H,54,70)(H,55,69)(H,56,71)(H,62,63)(H,64,65)(H,66,67);1-4,7-10,30-31H,5-6,11-25H2,(H,38,44)(H,39,53)(H,45,46)(H,47,48)(H,49,50)(H,51,52);1-3,6-7,12H,4-5,8-10,15H2,(H2,16,18)(H,17,19);;/t42-,43-;31-;12-;;/m000../s1. The molecular formula is C102H140Gd2N18O27. The van der Waals surface area contributed by atoms with Crippen molar-refractivity contribution in [2.75, 3.05) is 196 Å². The summed E-state index contributed by atoms with van der Waals surface area (Å²) in [7, 11) is 0. The molecule has 6 aromatic rings. The summed E-state index contributed by atoms with van der Waals surface area (Å²) in [4.78, 5) is 208.